The molecule has 0 N–H and O–H groups in total. The Morgan fingerprint density at radius 1 is 0.875 bits per heavy atom. The Labute approximate surface area is 149 Å². The van der Waals surface area contributed by atoms with Gasteiger partial charge >= 0.3 is 0 Å². The fourth-order valence-electron chi connectivity index (χ4n) is 2.99. The Balaban J connectivity index is 1.74. The van der Waals surface area contributed by atoms with Crippen LogP contribution in [0.3, 0.4) is 0 Å². The second-order valence-electron chi connectivity index (χ2n) is 5.73. The van der Waals surface area contributed by atoms with Gasteiger partial charge in [-0.25, -0.2) is 0 Å². The average Bonchev–Trinajstić information content (AvgIpc) is 3.09. The van der Waals surface area contributed by atoms with Crippen molar-refractivity contribution in [3.05, 3.63) is 94.7 Å². The van der Waals surface area contributed by atoms with Gasteiger partial charge in [0.15, 0.2) is 0 Å². The summed E-state index contributed by atoms with van der Waals surface area (Å²) in [5.41, 5.74) is 4.59. The van der Waals surface area contributed by atoms with E-state index in [1.165, 1.54) is 5.56 Å². The molecule has 0 spiro atoms. The van der Waals surface area contributed by atoms with Gasteiger partial charge in [0.25, 0.3) is 0 Å². The van der Waals surface area contributed by atoms with Gasteiger partial charge in [0.1, 0.15) is 0 Å². The van der Waals surface area contributed by atoms with Crippen molar-refractivity contribution in [2.45, 2.75) is 12.5 Å². The van der Waals surface area contributed by atoms with E-state index < -0.39 is 0 Å². The molecular weight excluding hydrogens is 362 g/mol. The van der Waals surface area contributed by atoms with Gasteiger partial charge < -0.3 is 0 Å². The Morgan fingerprint density at radius 2 is 1.58 bits per heavy atom. The zero-order valence-electron chi connectivity index (χ0n) is 13.0. The van der Waals surface area contributed by atoms with Crippen LogP contribution < -0.4 is 5.01 Å². The third kappa shape index (κ3) is 2.97. The average molecular weight is 378 g/mol. The summed E-state index contributed by atoms with van der Waals surface area (Å²) in [7, 11) is 0. The van der Waals surface area contributed by atoms with E-state index in [1.54, 1.807) is 0 Å². The van der Waals surface area contributed by atoms with E-state index >= 15 is 0 Å². The Bertz CT molecular complexity index is 845. The van der Waals surface area contributed by atoms with Crippen LogP contribution in [0.5, 0.6) is 0 Å². The zero-order valence-corrected chi connectivity index (χ0v) is 14.6. The van der Waals surface area contributed by atoms with Crippen LogP contribution >= 0.6 is 15.9 Å². The maximum atomic E-state index is 4.92. The van der Waals surface area contributed by atoms with Crippen LogP contribution in [0.2, 0.25) is 0 Å². The SMILES string of the molecule is Brc1ccc(C2CC(c3ccncc3)=NN2c2ccccc2)cc1. The van der Waals surface area contributed by atoms with Crippen molar-refractivity contribution in [2.24, 2.45) is 5.10 Å². The standard InChI is InChI=1S/C20H16BrN3/c21-17-8-6-16(7-9-17)20-14-19(15-10-12-22-13-11-15)23-24(20)18-4-2-1-3-5-18/h1-13,20H,14H2. The minimum absolute atomic E-state index is 0.198. The lowest BCUT2D eigenvalue weighted by Gasteiger charge is -2.24. The molecule has 0 fully saturated rings. The number of halogens is 1. The number of anilines is 1. The van der Waals surface area contributed by atoms with E-state index in [9.17, 15) is 0 Å². The fraction of sp³-hybridized carbons (Fsp3) is 0.100. The number of hydrogen-bond donors (Lipinski definition) is 0. The number of hydrogen-bond acceptors (Lipinski definition) is 3. The molecule has 118 valence electrons. The van der Waals surface area contributed by atoms with E-state index in [4.69, 9.17) is 5.10 Å². The minimum Gasteiger partial charge on any atom is -0.265 e. The molecule has 1 aliphatic rings. The molecule has 24 heavy (non-hydrogen) atoms. The lowest BCUT2D eigenvalue weighted by Crippen LogP contribution is -2.18. The predicted octanol–water partition coefficient (Wildman–Crippen LogP) is 5.20. The first kappa shape index (κ1) is 15.1. The van der Waals surface area contributed by atoms with Gasteiger partial charge in [-0.05, 0) is 42.0 Å². The van der Waals surface area contributed by atoms with Crippen molar-refractivity contribution in [3.8, 4) is 0 Å². The lowest BCUT2D eigenvalue weighted by atomic mass is 9.99. The number of rotatable bonds is 3. The second-order valence-corrected chi connectivity index (χ2v) is 6.65. The summed E-state index contributed by atoms with van der Waals surface area (Å²) >= 11 is 3.51. The topological polar surface area (TPSA) is 28.5 Å². The molecule has 4 rings (SSSR count). The molecule has 0 aliphatic carbocycles. The van der Waals surface area contributed by atoms with E-state index in [1.807, 2.05) is 42.7 Å². The highest BCUT2D eigenvalue weighted by atomic mass is 79.9. The molecule has 4 heteroatoms. The molecule has 0 radical (unpaired) electrons. The summed E-state index contributed by atoms with van der Waals surface area (Å²) in [6.07, 6.45) is 4.51. The van der Waals surface area contributed by atoms with Crippen molar-refractivity contribution in [1.29, 1.82) is 0 Å². The highest BCUT2D eigenvalue weighted by Gasteiger charge is 2.29. The lowest BCUT2D eigenvalue weighted by molar-refractivity contribution is 0.709. The van der Waals surface area contributed by atoms with Crippen molar-refractivity contribution < 1.29 is 0 Å². The smallest absolute Gasteiger partial charge is 0.0831 e. The summed E-state index contributed by atoms with van der Waals surface area (Å²) in [5.74, 6) is 0. The van der Waals surface area contributed by atoms with Crippen molar-refractivity contribution in [1.82, 2.24) is 4.98 Å². The Hall–Kier alpha value is -2.46. The van der Waals surface area contributed by atoms with Crippen LogP contribution in [-0.4, -0.2) is 10.7 Å². The Kier molecular flexibility index (Phi) is 4.13. The van der Waals surface area contributed by atoms with Gasteiger partial charge in [0, 0.05) is 28.9 Å². The van der Waals surface area contributed by atoms with Gasteiger partial charge in [-0.2, -0.15) is 5.10 Å². The maximum absolute atomic E-state index is 4.92. The van der Waals surface area contributed by atoms with Crippen molar-refractivity contribution in [2.75, 3.05) is 5.01 Å². The van der Waals surface area contributed by atoms with Gasteiger partial charge in [-0.15, -0.1) is 0 Å². The molecule has 0 bridgehead atoms. The number of benzene rings is 2. The summed E-state index contributed by atoms with van der Waals surface area (Å²) in [6, 6.07) is 23.1. The number of nitrogens with zero attached hydrogens (tertiary/aromatic N) is 3. The molecule has 0 saturated heterocycles. The highest BCUT2D eigenvalue weighted by molar-refractivity contribution is 9.10. The second kappa shape index (κ2) is 6.57. The molecule has 2 heterocycles. The molecule has 1 unspecified atom stereocenters. The number of para-hydroxylation sites is 1. The van der Waals surface area contributed by atoms with Crippen LogP contribution in [0.15, 0.2) is 88.7 Å². The quantitative estimate of drug-likeness (QED) is 0.627. The molecular formula is C20H16BrN3. The summed E-state index contributed by atoms with van der Waals surface area (Å²) < 4.78 is 1.09. The molecule has 0 saturated carbocycles. The number of hydrazone groups is 1. The summed E-state index contributed by atoms with van der Waals surface area (Å²) in [4.78, 5) is 4.11. The Morgan fingerprint density at radius 3 is 2.29 bits per heavy atom. The first-order chi connectivity index (χ1) is 11.8. The van der Waals surface area contributed by atoms with Crippen LogP contribution in [-0.2, 0) is 0 Å². The molecule has 1 atom stereocenters. The van der Waals surface area contributed by atoms with Gasteiger partial charge in [-0.1, -0.05) is 46.3 Å². The number of pyridine rings is 1. The molecule has 1 aromatic heterocycles. The van der Waals surface area contributed by atoms with Crippen LogP contribution in [0.25, 0.3) is 0 Å². The monoisotopic (exact) mass is 377 g/mol. The van der Waals surface area contributed by atoms with Crippen molar-refractivity contribution >= 4 is 27.3 Å². The first-order valence-corrected chi connectivity index (χ1v) is 8.68. The van der Waals surface area contributed by atoms with Crippen LogP contribution in [0.1, 0.15) is 23.6 Å². The third-order valence-corrected chi connectivity index (χ3v) is 4.73. The van der Waals surface area contributed by atoms with Gasteiger partial charge in [-0.3, -0.25) is 9.99 Å². The van der Waals surface area contributed by atoms with Gasteiger partial charge in [0.2, 0.25) is 0 Å². The molecule has 0 amide bonds. The third-order valence-electron chi connectivity index (χ3n) is 4.20. The van der Waals surface area contributed by atoms with Crippen LogP contribution in [0, 0.1) is 0 Å². The van der Waals surface area contributed by atoms with E-state index in [0.717, 1.165) is 27.9 Å². The van der Waals surface area contributed by atoms with Gasteiger partial charge in [0.05, 0.1) is 17.4 Å². The summed E-state index contributed by atoms with van der Waals surface area (Å²) in [5, 5.41) is 7.04. The predicted molar refractivity (Wildman–Crippen MR) is 101 cm³/mol. The van der Waals surface area contributed by atoms with Crippen LogP contribution in [0.4, 0.5) is 5.69 Å². The molecule has 3 nitrogen and oxygen atoms in total. The normalized spacial score (nSPS) is 17.0. The van der Waals surface area contributed by atoms with Crippen molar-refractivity contribution in [3.63, 3.8) is 0 Å². The molecule has 3 aromatic rings. The first-order valence-electron chi connectivity index (χ1n) is 7.89. The molecule has 1 aliphatic heterocycles. The minimum atomic E-state index is 0.198. The fourth-order valence-corrected chi connectivity index (χ4v) is 3.26. The highest BCUT2D eigenvalue weighted by Crippen LogP contribution is 2.36. The largest absolute Gasteiger partial charge is 0.265 e. The van der Waals surface area contributed by atoms with E-state index in [2.05, 4.69) is 62.3 Å². The van der Waals surface area contributed by atoms with E-state index in [-0.39, 0.29) is 6.04 Å². The summed E-state index contributed by atoms with van der Waals surface area (Å²) in [6.45, 7) is 0. The molecule has 2 aromatic carbocycles. The maximum Gasteiger partial charge on any atom is 0.0831 e. The number of aromatic nitrogens is 1. The zero-order chi connectivity index (χ0) is 16.4. The van der Waals surface area contributed by atoms with E-state index in [0.29, 0.717) is 0 Å².